The highest BCUT2D eigenvalue weighted by molar-refractivity contribution is 7.14. The number of alkyl halides is 1. The third-order valence-corrected chi connectivity index (χ3v) is 3.68. The molecule has 0 fully saturated rings. The lowest BCUT2D eigenvalue weighted by Gasteiger charge is -2.00. The molecule has 0 N–H and O–H groups in total. The van der Waals surface area contributed by atoms with Crippen LogP contribution >= 0.6 is 22.9 Å². The van der Waals surface area contributed by atoms with Crippen molar-refractivity contribution in [1.29, 1.82) is 0 Å². The fourth-order valence-corrected chi connectivity index (χ4v) is 2.51. The second-order valence-electron chi connectivity index (χ2n) is 3.36. The van der Waals surface area contributed by atoms with Crippen LogP contribution in [0.3, 0.4) is 0 Å². The molecule has 6 heteroatoms. The average molecular weight is 263 g/mol. The van der Waals surface area contributed by atoms with Crippen molar-refractivity contribution in [3.8, 4) is 10.6 Å². The van der Waals surface area contributed by atoms with E-state index >= 15 is 0 Å². The first kappa shape index (κ1) is 10.6. The molecule has 1 aromatic carbocycles. The Morgan fingerprint density at radius 2 is 2.00 bits per heavy atom. The van der Waals surface area contributed by atoms with Gasteiger partial charge in [-0.3, -0.25) is 9.97 Å². The molecule has 0 spiro atoms. The van der Waals surface area contributed by atoms with Gasteiger partial charge in [0.25, 0.3) is 0 Å². The number of hydrogen-bond donors (Lipinski definition) is 0. The highest BCUT2D eigenvalue weighted by Crippen LogP contribution is 2.28. The number of aromatic nitrogens is 4. The molecule has 0 radical (unpaired) electrons. The van der Waals surface area contributed by atoms with E-state index in [9.17, 15) is 0 Å². The smallest absolute Gasteiger partial charge is 0.150 e. The van der Waals surface area contributed by atoms with E-state index in [-0.39, 0.29) is 0 Å². The maximum atomic E-state index is 5.73. The minimum atomic E-state index is 0.383. The molecule has 0 atom stereocenters. The van der Waals surface area contributed by atoms with E-state index in [2.05, 4.69) is 20.2 Å². The fourth-order valence-electron chi connectivity index (χ4n) is 1.58. The highest BCUT2D eigenvalue weighted by Gasteiger charge is 2.10. The Kier molecular flexibility index (Phi) is 2.70. The van der Waals surface area contributed by atoms with E-state index in [0.29, 0.717) is 5.88 Å². The molecule has 0 saturated heterocycles. The van der Waals surface area contributed by atoms with Crippen LogP contribution in [-0.2, 0) is 5.88 Å². The van der Waals surface area contributed by atoms with E-state index in [1.165, 1.54) is 11.3 Å². The van der Waals surface area contributed by atoms with Crippen LogP contribution in [-0.4, -0.2) is 20.2 Å². The van der Waals surface area contributed by atoms with Crippen molar-refractivity contribution < 1.29 is 0 Å². The average Bonchev–Trinajstić information content (AvgIpc) is 2.87. The van der Waals surface area contributed by atoms with Crippen LogP contribution in [0.15, 0.2) is 30.6 Å². The molecule has 17 heavy (non-hydrogen) atoms. The third-order valence-electron chi connectivity index (χ3n) is 2.31. The van der Waals surface area contributed by atoms with E-state index in [1.807, 2.05) is 18.2 Å². The van der Waals surface area contributed by atoms with Gasteiger partial charge in [0, 0.05) is 18.0 Å². The zero-order valence-corrected chi connectivity index (χ0v) is 10.2. The normalized spacial score (nSPS) is 10.9. The van der Waals surface area contributed by atoms with Gasteiger partial charge < -0.3 is 0 Å². The van der Waals surface area contributed by atoms with Crippen molar-refractivity contribution in [2.45, 2.75) is 5.88 Å². The summed E-state index contributed by atoms with van der Waals surface area (Å²) in [5.41, 5.74) is 2.64. The summed E-state index contributed by atoms with van der Waals surface area (Å²) in [6.45, 7) is 0. The van der Waals surface area contributed by atoms with Crippen LogP contribution in [0.5, 0.6) is 0 Å². The largest absolute Gasteiger partial charge is 0.253 e. The molecule has 3 aromatic rings. The molecular weight excluding hydrogens is 256 g/mol. The number of para-hydroxylation sites is 1. The topological polar surface area (TPSA) is 51.6 Å². The van der Waals surface area contributed by atoms with Crippen LogP contribution < -0.4 is 0 Å². The first-order valence-electron chi connectivity index (χ1n) is 4.97. The number of rotatable bonds is 2. The van der Waals surface area contributed by atoms with Gasteiger partial charge in [-0.1, -0.05) is 17.4 Å². The minimum absolute atomic E-state index is 0.383. The summed E-state index contributed by atoms with van der Waals surface area (Å²) in [4.78, 5) is 8.60. The summed E-state index contributed by atoms with van der Waals surface area (Å²) >= 11 is 7.20. The van der Waals surface area contributed by atoms with Gasteiger partial charge in [-0.25, -0.2) is 0 Å². The number of fused-ring (bicyclic) bond motifs is 1. The van der Waals surface area contributed by atoms with Crippen molar-refractivity contribution in [2.24, 2.45) is 0 Å². The number of hydrogen-bond acceptors (Lipinski definition) is 5. The van der Waals surface area contributed by atoms with Crippen molar-refractivity contribution in [3.63, 3.8) is 0 Å². The Bertz CT molecular complexity index is 662. The molecule has 0 aliphatic carbocycles. The molecule has 84 valence electrons. The standard InChI is InChI=1S/C11H7ClN4S/c12-6-9-15-16-11(17-9)7-2-1-3-8-10(7)14-5-4-13-8/h1-5H,6H2. The maximum Gasteiger partial charge on any atom is 0.150 e. The summed E-state index contributed by atoms with van der Waals surface area (Å²) in [7, 11) is 0. The van der Waals surface area contributed by atoms with E-state index in [0.717, 1.165) is 26.6 Å². The third kappa shape index (κ3) is 1.87. The Morgan fingerprint density at radius 3 is 2.82 bits per heavy atom. The Labute approximate surface area is 106 Å². The van der Waals surface area contributed by atoms with Gasteiger partial charge in [-0.05, 0) is 12.1 Å². The molecule has 0 aliphatic heterocycles. The molecule has 3 rings (SSSR count). The maximum absolute atomic E-state index is 5.73. The van der Waals surface area contributed by atoms with Gasteiger partial charge in [0.05, 0.1) is 16.9 Å². The summed E-state index contributed by atoms with van der Waals surface area (Å²) in [6.07, 6.45) is 3.35. The number of benzene rings is 1. The number of halogens is 1. The Hall–Kier alpha value is -1.59. The van der Waals surface area contributed by atoms with Crippen LogP contribution in [0.4, 0.5) is 0 Å². The van der Waals surface area contributed by atoms with Crippen LogP contribution in [0.2, 0.25) is 0 Å². The van der Waals surface area contributed by atoms with Gasteiger partial charge in [-0.15, -0.1) is 21.8 Å². The summed E-state index contributed by atoms with van der Waals surface area (Å²) in [5, 5.41) is 9.76. The lowest BCUT2D eigenvalue weighted by molar-refractivity contribution is 1.04. The molecule has 0 bridgehead atoms. The second-order valence-corrected chi connectivity index (χ2v) is 4.69. The summed E-state index contributed by atoms with van der Waals surface area (Å²) < 4.78 is 0. The summed E-state index contributed by atoms with van der Waals surface area (Å²) in [5.74, 6) is 0.383. The first-order valence-corrected chi connectivity index (χ1v) is 6.32. The molecule has 2 aromatic heterocycles. The van der Waals surface area contributed by atoms with Crippen molar-refractivity contribution in [3.05, 3.63) is 35.6 Å². The minimum Gasteiger partial charge on any atom is -0.253 e. The van der Waals surface area contributed by atoms with Gasteiger partial charge in [0.1, 0.15) is 10.0 Å². The van der Waals surface area contributed by atoms with Gasteiger partial charge in [0.2, 0.25) is 0 Å². The van der Waals surface area contributed by atoms with Crippen LogP contribution in [0.25, 0.3) is 21.6 Å². The molecular formula is C11H7ClN4S. The zero-order valence-electron chi connectivity index (χ0n) is 8.67. The Morgan fingerprint density at radius 1 is 1.12 bits per heavy atom. The van der Waals surface area contributed by atoms with E-state index < -0.39 is 0 Å². The second kappa shape index (κ2) is 4.35. The SMILES string of the molecule is ClCc1nnc(-c2cccc3nccnc23)s1. The van der Waals surface area contributed by atoms with E-state index in [1.54, 1.807) is 12.4 Å². The van der Waals surface area contributed by atoms with Crippen LogP contribution in [0, 0.1) is 0 Å². The lowest BCUT2D eigenvalue weighted by Crippen LogP contribution is -1.86. The number of nitrogens with zero attached hydrogens (tertiary/aromatic N) is 4. The molecule has 0 amide bonds. The highest BCUT2D eigenvalue weighted by atomic mass is 35.5. The monoisotopic (exact) mass is 262 g/mol. The fraction of sp³-hybridized carbons (Fsp3) is 0.0909. The molecule has 0 aliphatic rings. The summed E-state index contributed by atoms with van der Waals surface area (Å²) in [6, 6.07) is 5.83. The van der Waals surface area contributed by atoms with E-state index in [4.69, 9.17) is 11.6 Å². The predicted molar refractivity (Wildman–Crippen MR) is 68.0 cm³/mol. The van der Waals surface area contributed by atoms with Crippen molar-refractivity contribution in [1.82, 2.24) is 20.2 Å². The molecule has 0 unspecified atom stereocenters. The zero-order chi connectivity index (χ0) is 11.7. The van der Waals surface area contributed by atoms with Crippen molar-refractivity contribution >= 4 is 34.0 Å². The van der Waals surface area contributed by atoms with Gasteiger partial charge in [-0.2, -0.15) is 0 Å². The van der Waals surface area contributed by atoms with Gasteiger partial charge in [0.15, 0.2) is 0 Å². The predicted octanol–water partition coefficient (Wildman–Crippen LogP) is 2.89. The van der Waals surface area contributed by atoms with Crippen LogP contribution in [0.1, 0.15) is 5.01 Å². The van der Waals surface area contributed by atoms with Crippen molar-refractivity contribution in [2.75, 3.05) is 0 Å². The Balaban J connectivity index is 2.23. The lowest BCUT2D eigenvalue weighted by atomic mass is 10.2. The van der Waals surface area contributed by atoms with Gasteiger partial charge >= 0.3 is 0 Å². The molecule has 0 saturated carbocycles. The first-order chi connectivity index (χ1) is 8.38. The molecule has 4 nitrogen and oxygen atoms in total. The molecule has 2 heterocycles. The quantitative estimate of drug-likeness (QED) is 0.667.